The zero-order chi connectivity index (χ0) is 13.7. The second-order valence-corrected chi connectivity index (χ2v) is 4.48. The van der Waals surface area contributed by atoms with Crippen molar-refractivity contribution in [3.8, 4) is 0 Å². The number of carbonyl (C=O) groups is 2. The van der Waals surface area contributed by atoms with Gasteiger partial charge >= 0.3 is 5.97 Å². The Labute approximate surface area is 111 Å². The van der Waals surface area contributed by atoms with Gasteiger partial charge in [-0.25, -0.2) is 9.78 Å². The lowest BCUT2D eigenvalue weighted by atomic mass is 10.3. The molecule has 19 heavy (non-hydrogen) atoms. The number of carboxylic acid groups (broad SMARTS) is 1. The molecule has 6 nitrogen and oxygen atoms in total. The van der Waals surface area contributed by atoms with E-state index in [9.17, 15) is 9.59 Å². The van der Waals surface area contributed by atoms with Gasteiger partial charge in [-0.3, -0.25) is 4.79 Å². The molecule has 0 bridgehead atoms. The summed E-state index contributed by atoms with van der Waals surface area (Å²) in [6.07, 6.45) is 2.57. The number of carboxylic acids is 1. The number of carbonyl (C=O) groups excluding carboxylic acids is 1. The molecule has 1 fully saturated rings. The highest BCUT2D eigenvalue weighted by Gasteiger charge is 2.17. The fraction of sp³-hybridized carbons (Fsp3) is 0.462. The molecule has 102 valence electrons. The van der Waals surface area contributed by atoms with Gasteiger partial charge in [0, 0.05) is 26.1 Å². The first kappa shape index (κ1) is 13.3. The number of rotatable bonds is 5. The zero-order valence-electron chi connectivity index (χ0n) is 10.6. The Morgan fingerprint density at radius 3 is 2.74 bits per heavy atom. The van der Waals surface area contributed by atoms with Crippen molar-refractivity contribution in [3.63, 3.8) is 0 Å². The molecule has 1 aromatic heterocycles. The maximum atomic E-state index is 11.8. The summed E-state index contributed by atoms with van der Waals surface area (Å²) in [5.74, 6) is -0.440. The van der Waals surface area contributed by atoms with Crippen LogP contribution < -0.4 is 5.32 Å². The van der Waals surface area contributed by atoms with Crippen molar-refractivity contribution in [1.82, 2.24) is 9.88 Å². The molecular weight excluding hydrogens is 246 g/mol. The molecule has 0 radical (unpaired) electrons. The second-order valence-electron chi connectivity index (χ2n) is 4.48. The lowest BCUT2D eigenvalue weighted by Gasteiger charge is -2.15. The summed E-state index contributed by atoms with van der Waals surface area (Å²) in [6, 6.07) is 4.75. The molecule has 1 aliphatic rings. The largest absolute Gasteiger partial charge is 0.477 e. The van der Waals surface area contributed by atoms with Gasteiger partial charge in [0.1, 0.15) is 5.82 Å². The fourth-order valence-corrected chi connectivity index (χ4v) is 2.07. The number of nitrogens with one attached hydrogen (secondary N) is 1. The van der Waals surface area contributed by atoms with E-state index in [1.807, 2.05) is 4.90 Å². The van der Waals surface area contributed by atoms with Crippen molar-refractivity contribution in [2.75, 3.05) is 25.0 Å². The minimum atomic E-state index is -1.06. The van der Waals surface area contributed by atoms with Crippen LogP contribution in [0.3, 0.4) is 0 Å². The molecule has 1 amide bonds. The molecule has 6 heteroatoms. The Hall–Kier alpha value is -2.11. The second kappa shape index (κ2) is 6.17. The van der Waals surface area contributed by atoms with Crippen molar-refractivity contribution >= 4 is 17.7 Å². The van der Waals surface area contributed by atoms with Gasteiger partial charge in [0.15, 0.2) is 5.69 Å². The van der Waals surface area contributed by atoms with Crippen LogP contribution in [-0.4, -0.2) is 46.5 Å². The van der Waals surface area contributed by atoms with Gasteiger partial charge in [-0.2, -0.15) is 0 Å². The van der Waals surface area contributed by atoms with Crippen LogP contribution in [0.4, 0.5) is 5.82 Å². The molecule has 0 saturated carbocycles. The zero-order valence-corrected chi connectivity index (χ0v) is 10.6. The third-order valence-electron chi connectivity index (χ3n) is 3.07. The maximum absolute atomic E-state index is 11.8. The molecular formula is C13H17N3O3. The summed E-state index contributed by atoms with van der Waals surface area (Å²) in [5, 5.41) is 11.8. The van der Waals surface area contributed by atoms with Crippen molar-refractivity contribution < 1.29 is 14.7 Å². The topological polar surface area (TPSA) is 82.5 Å². The lowest BCUT2D eigenvalue weighted by molar-refractivity contribution is -0.129. The van der Waals surface area contributed by atoms with E-state index in [0.29, 0.717) is 18.8 Å². The van der Waals surface area contributed by atoms with Crippen LogP contribution in [0.15, 0.2) is 18.2 Å². The maximum Gasteiger partial charge on any atom is 0.354 e. The van der Waals surface area contributed by atoms with Crippen LogP contribution >= 0.6 is 0 Å². The molecule has 0 atom stereocenters. The predicted molar refractivity (Wildman–Crippen MR) is 70.1 cm³/mol. The standard InChI is InChI=1S/C13H17N3O3/c17-12(16-8-1-2-9-16)6-7-14-11-5-3-4-10(15-11)13(18)19/h3-5H,1-2,6-9H2,(H,14,15)(H,18,19). The summed E-state index contributed by atoms with van der Waals surface area (Å²) < 4.78 is 0. The number of anilines is 1. The van der Waals surface area contributed by atoms with Crippen LogP contribution in [0.1, 0.15) is 29.8 Å². The van der Waals surface area contributed by atoms with Crippen molar-refractivity contribution in [3.05, 3.63) is 23.9 Å². The number of hydrogen-bond acceptors (Lipinski definition) is 4. The van der Waals surface area contributed by atoms with Gasteiger partial charge in [-0.1, -0.05) is 6.07 Å². The van der Waals surface area contributed by atoms with E-state index in [1.165, 1.54) is 6.07 Å². The molecule has 2 rings (SSSR count). The van der Waals surface area contributed by atoms with E-state index in [1.54, 1.807) is 12.1 Å². The van der Waals surface area contributed by atoms with Crippen LogP contribution in [0.25, 0.3) is 0 Å². The minimum Gasteiger partial charge on any atom is -0.477 e. The van der Waals surface area contributed by atoms with Gasteiger partial charge in [0.05, 0.1) is 0 Å². The highest BCUT2D eigenvalue weighted by molar-refractivity contribution is 5.85. The number of hydrogen-bond donors (Lipinski definition) is 2. The highest BCUT2D eigenvalue weighted by Crippen LogP contribution is 2.09. The van der Waals surface area contributed by atoms with Crippen LogP contribution in [0.2, 0.25) is 0 Å². The van der Waals surface area contributed by atoms with E-state index in [0.717, 1.165) is 25.9 Å². The number of nitrogens with zero attached hydrogens (tertiary/aromatic N) is 2. The Balaban J connectivity index is 1.80. The SMILES string of the molecule is O=C(O)c1cccc(NCCC(=O)N2CCCC2)n1. The normalized spacial score (nSPS) is 14.4. The Bertz CT molecular complexity index is 470. The van der Waals surface area contributed by atoms with E-state index in [4.69, 9.17) is 5.11 Å². The monoisotopic (exact) mass is 263 g/mol. The van der Waals surface area contributed by atoms with Crippen LogP contribution in [-0.2, 0) is 4.79 Å². The summed E-state index contributed by atoms with van der Waals surface area (Å²) in [5.41, 5.74) is -0.00382. The molecule has 0 aromatic carbocycles. The first-order valence-corrected chi connectivity index (χ1v) is 6.39. The van der Waals surface area contributed by atoms with Crippen LogP contribution in [0, 0.1) is 0 Å². The average Bonchev–Trinajstić information content (AvgIpc) is 2.93. The molecule has 1 aliphatic heterocycles. The summed E-state index contributed by atoms with van der Waals surface area (Å²) in [4.78, 5) is 28.3. The number of aromatic carboxylic acids is 1. The quantitative estimate of drug-likeness (QED) is 0.834. The highest BCUT2D eigenvalue weighted by atomic mass is 16.4. The Morgan fingerprint density at radius 1 is 1.32 bits per heavy atom. The number of amides is 1. The molecule has 0 unspecified atom stereocenters. The van der Waals surface area contributed by atoms with Crippen molar-refractivity contribution in [1.29, 1.82) is 0 Å². The first-order valence-electron chi connectivity index (χ1n) is 6.39. The fourth-order valence-electron chi connectivity index (χ4n) is 2.07. The third-order valence-corrected chi connectivity index (χ3v) is 3.07. The number of likely N-dealkylation sites (tertiary alicyclic amines) is 1. The summed E-state index contributed by atoms with van der Waals surface area (Å²) >= 11 is 0. The Morgan fingerprint density at radius 2 is 2.05 bits per heavy atom. The molecule has 1 saturated heterocycles. The predicted octanol–water partition coefficient (Wildman–Crippen LogP) is 1.20. The van der Waals surface area contributed by atoms with E-state index >= 15 is 0 Å². The van der Waals surface area contributed by atoms with Gasteiger partial charge in [-0.05, 0) is 25.0 Å². The first-order chi connectivity index (χ1) is 9.16. The Kier molecular flexibility index (Phi) is 4.33. The van der Waals surface area contributed by atoms with E-state index < -0.39 is 5.97 Å². The average molecular weight is 263 g/mol. The van der Waals surface area contributed by atoms with Gasteiger partial charge < -0.3 is 15.3 Å². The summed E-state index contributed by atoms with van der Waals surface area (Å²) in [6.45, 7) is 2.17. The van der Waals surface area contributed by atoms with Crippen molar-refractivity contribution in [2.24, 2.45) is 0 Å². The van der Waals surface area contributed by atoms with Gasteiger partial charge in [0.2, 0.25) is 5.91 Å². The number of pyridine rings is 1. The van der Waals surface area contributed by atoms with Gasteiger partial charge in [0.25, 0.3) is 0 Å². The molecule has 2 heterocycles. The minimum absolute atomic E-state index is 0.00382. The smallest absolute Gasteiger partial charge is 0.354 e. The molecule has 0 spiro atoms. The third kappa shape index (κ3) is 3.67. The lowest BCUT2D eigenvalue weighted by Crippen LogP contribution is -2.29. The van der Waals surface area contributed by atoms with E-state index in [2.05, 4.69) is 10.3 Å². The van der Waals surface area contributed by atoms with E-state index in [-0.39, 0.29) is 11.6 Å². The molecule has 2 N–H and O–H groups in total. The molecule has 1 aromatic rings. The van der Waals surface area contributed by atoms with Crippen LogP contribution in [0.5, 0.6) is 0 Å². The van der Waals surface area contributed by atoms with Gasteiger partial charge in [-0.15, -0.1) is 0 Å². The number of aromatic nitrogens is 1. The molecule has 0 aliphatic carbocycles. The summed E-state index contributed by atoms with van der Waals surface area (Å²) in [7, 11) is 0. The van der Waals surface area contributed by atoms with Crippen molar-refractivity contribution in [2.45, 2.75) is 19.3 Å².